The summed E-state index contributed by atoms with van der Waals surface area (Å²) in [5, 5.41) is 4.40. The molecule has 2 heteroatoms. The average Bonchev–Trinajstić information content (AvgIpc) is 2.30. The maximum atomic E-state index is 5.89. The van der Waals surface area contributed by atoms with Crippen molar-refractivity contribution in [2.75, 3.05) is 6.54 Å². The first-order valence-electron chi connectivity index (χ1n) is 5.78. The first kappa shape index (κ1) is 11.0. The maximum Gasteiger partial charge on any atom is 0.0406 e. The van der Waals surface area contributed by atoms with E-state index in [-0.39, 0.29) is 0 Å². The Morgan fingerprint density at radius 2 is 2.07 bits per heavy atom. The Morgan fingerprint density at radius 1 is 1.33 bits per heavy atom. The number of hydrogen-bond acceptors (Lipinski definition) is 1. The molecule has 0 aliphatic carbocycles. The Labute approximate surface area is 96.8 Å². The summed E-state index contributed by atoms with van der Waals surface area (Å²) < 4.78 is 0. The van der Waals surface area contributed by atoms with Crippen LogP contribution in [0.3, 0.4) is 0 Å². The molecule has 1 aliphatic heterocycles. The molecule has 82 valence electrons. The molecular weight excluding hydrogens is 206 g/mol. The van der Waals surface area contributed by atoms with E-state index in [2.05, 4.69) is 24.4 Å². The van der Waals surface area contributed by atoms with Crippen LogP contribution >= 0.6 is 11.6 Å². The van der Waals surface area contributed by atoms with E-state index >= 15 is 0 Å². The van der Waals surface area contributed by atoms with Gasteiger partial charge >= 0.3 is 0 Å². The van der Waals surface area contributed by atoms with Gasteiger partial charge in [-0.15, -0.1) is 0 Å². The van der Waals surface area contributed by atoms with E-state index in [1.54, 1.807) is 0 Å². The zero-order chi connectivity index (χ0) is 10.7. The Balaban J connectivity index is 2.06. The molecule has 0 saturated carbocycles. The Hall–Kier alpha value is -0.530. The standard InChI is InChI=1S/C13H18ClN/c1-2-10-7-8-15-13(9-10)11-3-5-12(14)6-4-11/h3-6,10,13,15H,2,7-9H2,1H3. The summed E-state index contributed by atoms with van der Waals surface area (Å²) in [6.45, 7) is 3.43. The van der Waals surface area contributed by atoms with Gasteiger partial charge in [0.25, 0.3) is 0 Å². The fourth-order valence-corrected chi connectivity index (χ4v) is 2.44. The van der Waals surface area contributed by atoms with Gasteiger partial charge in [-0.1, -0.05) is 37.1 Å². The third kappa shape index (κ3) is 2.73. The van der Waals surface area contributed by atoms with Gasteiger partial charge in [-0.25, -0.2) is 0 Å². The molecular formula is C13H18ClN. The lowest BCUT2D eigenvalue weighted by molar-refractivity contribution is 0.299. The lowest BCUT2D eigenvalue weighted by Crippen LogP contribution is -2.31. The number of rotatable bonds is 2. The van der Waals surface area contributed by atoms with Crippen LogP contribution in [-0.2, 0) is 0 Å². The summed E-state index contributed by atoms with van der Waals surface area (Å²) in [7, 11) is 0. The van der Waals surface area contributed by atoms with E-state index < -0.39 is 0 Å². The zero-order valence-corrected chi connectivity index (χ0v) is 9.93. The molecule has 0 radical (unpaired) electrons. The van der Waals surface area contributed by atoms with Crippen LogP contribution < -0.4 is 5.32 Å². The van der Waals surface area contributed by atoms with Gasteiger partial charge in [0.1, 0.15) is 0 Å². The summed E-state index contributed by atoms with van der Waals surface area (Å²) in [6.07, 6.45) is 3.88. The van der Waals surface area contributed by atoms with Crippen molar-refractivity contribution in [3.8, 4) is 0 Å². The fraction of sp³-hybridized carbons (Fsp3) is 0.538. The minimum atomic E-state index is 0.529. The highest BCUT2D eigenvalue weighted by molar-refractivity contribution is 6.30. The molecule has 0 bridgehead atoms. The van der Waals surface area contributed by atoms with Gasteiger partial charge in [-0.2, -0.15) is 0 Å². The smallest absolute Gasteiger partial charge is 0.0406 e. The first-order chi connectivity index (χ1) is 7.29. The van der Waals surface area contributed by atoms with Crippen molar-refractivity contribution < 1.29 is 0 Å². The van der Waals surface area contributed by atoms with Crippen LogP contribution in [0.1, 0.15) is 37.8 Å². The van der Waals surface area contributed by atoms with Crippen LogP contribution in [-0.4, -0.2) is 6.54 Å². The Morgan fingerprint density at radius 3 is 2.73 bits per heavy atom. The molecule has 1 aliphatic rings. The number of halogens is 1. The van der Waals surface area contributed by atoms with Crippen molar-refractivity contribution in [2.24, 2.45) is 5.92 Å². The molecule has 1 nitrogen and oxygen atoms in total. The molecule has 1 N–H and O–H groups in total. The number of benzene rings is 1. The van der Waals surface area contributed by atoms with E-state index in [4.69, 9.17) is 11.6 Å². The van der Waals surface area contributed by atoms with Gasteiger partial charge in [-0.05, 0) is 43.0 Å². The van der Waals surface area contributed by atoms with Crippen molar-refractivity contribution in [1.82, 2.24) is 5.32 Å². The van der Waals surface area contributed by atoms with Gasteiger partial charge in [0.15, 0.2) is 0 Å². The van der Waals surface area contributed by atoms with Gasteiger partial charge in [0.05, 0.1) is 0 Å². The lowest BCUT2D eigenvalue weighted by Gasteiger charge is -2.30. The summed E-state index contributed by atoms with van der Waals surface area (Å²) in [5.74, 6) is 0.881. The monoisotopic (exact) mass is 223 g/mol. The average molecular weight is 224 g/mol. The van der Waals surface area contributed by atoms with E-state index in [0.717, 1.165) is 17.5 Å². The van der Waals surface area contributed by atoms with Crippen LogP contribution in [0, 0.1) is 5.92 Å². The highest BCUT2D eigenvalue weighted by atomic mass is 35.5. The summed E-state index contributed by atoms with van der Waals surface area (Å²) in [5.41, 5.74) is 1.37. The van der Waals surface area contributed by atoms with Crippen molar-refractivity contribution in [3.63, 3.8) is 0 Å². The highest BCUT2D eigenvalue weighted by Crippen LogP contribution is 2.29. The molecule has 0 spiro atoms. The third-order valence-corrected chi connectivity index (χ3v) is 3.61. The molecule has 2 atom stereocenters. The van der Waals surface area contributed by atoms with Gasteiger partial charge in [0, 0.05) is 11.1 Å². The number of hydrogen-bond donors (Lipinski definition) is 1. The molecule has 1 saturated heterocycles. The van der Waals surface area contributed by atoms with Crippen LogP contribution in [0.15, 0.2) is 24.3 Å². The molecule has 0 aromatic heterocycles. The quantitative estimate of drug-likeness (QED) is 0.805. The van der Waals surface area contributed by atoms with Gasteiger partial charge in [-0.3, -0.25) is 0 Å². The van der Waals surface area contributed by atoms with Crippen LogP contribution in [0.25, 0.3) is 0 Å². The molecule has 15 heavy (non-hydrogen) atoms. The first-order valence-corrected chi connectivity index (χ1v) is 6.16. The van der Waals surface area contributed by atoms with Crippen LogP contribution in [0.4, 0.5) is 0 Å². The largest absolute Gasteiger partial charge is 0.310 e. The summed E-state index contributed by atoms with van der Waals surface area (Å²) >= 11 is 5.89. The minimum Gasteiger partial charge on any atom is -0.310 e. The zero-order valence-electron chi connectivity index (χ0n) is 9.17. The predicted molar refractivity (Wildman–Crippen MR) is 65.2 cm³/mol. The fourth-order valence-electron chi connectivity index (χ4n) is 2.32. The second-order valence-corrected chi connectivity index (χ2v) is 4.79. The van der Waals surface area contributed by atoms with E-state index in [1.165, 1.54) is 24.8 Å². The second-order valence-electron chi connectivity index (χ2n) is 4.36. The van der Waals surface area contributed by atoms with Crippen molar-refractivity contribution in [2.45, 2.75) is 32.2 Å². The van der Waals surface area contributed by atoms with Crippen molar-refractivity contribution in [3.05, 3.63) is 34.9 Å². The highest BCUT2D eigenvalue weighted by Gasteiger charge is 2.21. The lowest BCUT2D eigenvalue weighted by atomic mass is 9.87. The Bertz CT molecular complexity index is 307. The van der Waals surface area contributed by atoms with Gasteiger partial charge < -0.3 is 5.32 Å². The van der Waals surface area contributed by atoms with E-state index in [9.17, 15) is 0 Å². The minimum absolute atomic E-state index is 0.529. The topological polar surface area (TPSA) is 12.0 Å². The normalized spacial score (nSPS) is 26.5. The van der Waals surface area contributed by atoms with Crippen molar-refractivity contribution >= 4 is 11.6 Å². The molecule has 0 amide bonds. The molecule has 2 unspecified atom stereocenters. The van der Waals surface area contributed by atoms with Crippen LogP contribution in [0.5, 0.6) is 0 Å². The predicted octanol–water partition coefficient (Wildman–Crippen LogP) is 3.79. The molecule has 1 aromatic carbocycles. The second kappa shape index (κ2) is 5.00. The molecule has 1 aromatic rings. The number of nitrogens with one attached hydrogen (secondary N) is 1. The molecule has 1 fully saturated rings. The maximum absolute atomic E-state index is 5.89. The van der Waals surface area contributed by atoms with E-state index in [1.807, 2.05) is 12.1 Å². The summed E-state index contributed by atoms with van der Waals surface area (Å²) in [6, 6.07) is 8.76. The van der Waals surface area contributed by atoms with Crippen LogP contribution in [0.2, 0.25) is 5.02 Å². The molecule has 1 heterocycles. The van der Waals surface area contributed by atoms with E-state index in [0.29, 0.717) is 6.04 Å². The SMILES string of the molecule is CCC1CCNC(c2ccc(Cl)cc2)C1. The third-order valence-electron chi connectivity index (χ3n) is 3.36. The Kier molecular flexibility index (Phi) is 3.66. The number of piperidine rings is 1. The summed E-state index contributed by atoms with van der Waals surface area (Å²) in [4.78, 5) is 0. The van der Waals surface area contributed by atoms with Gasteiger partial charge in [0.2, 0.25) is 0 Å². The van der Waals surface area contributed by atoms with Crippen molar-refractivity contribution in [1.29, 1.82) is 0 Å². The molecule has 2 rings (SSSR count).